The summed E-state index contributed by atoms with van der Waals surface area (Å²) in [5.74, 6) is 1.43. The van der Waals surface area contributed by atoms with Gasteiger partial charge in [0.2, 0.25) is 17.7 Å². The first kappa shape index (κ1) is 30.7. The maximum Gasteiger partial charge on any atom is 0.296 e. The van der Waals surface area contributed by atoms with E-state index in [1.54, 1.807) is 37.4 Å². The number of ether oxygens (including phenoxy) is 3. The second-order valence-corrected chi connectivity index (χ2v) is 11.4. The molecule has 6 rings (SSSR count). The molecule has 0 radical (unpaired) electrons. The number of rotatable bonds is 11. The summed E-state index contributed by atoms with van der Waals surface area (Å²) in [6.07, 6.45) is 1.56. The summed E-state index contributed by atoms with van der Waals surface area (Å²) in [4.78, 5) is 28.4. The molecule has 2 fully saturated rings. The molecule has 1 amide bonds. The van der Waals surface area contributed by atoms with Gasteiger partial charge in [-0.15, -0.1) is 0 Å². The van der Waals surface area contributed by atoms with Gasteiger partial charge in [-0.25, -0.2) is 13.8 Å². The molecule has 10 nitrogen and oxygen atoms in total. The molecular weight excluding hydrogens is 582 g/mol. The van der Waals surface area contributed by atoms with Crippen LogP contribution in [0.4, 0.5) is 14.7 Å². The second kappa shape index (κ2) is 14.2. The highest BCUT2D eigenvalue weighted by Crippen LogP contribution is 2.32. The largest absolute Gasteiger partial charge is 0.497 e. The number of halogens is 2. The molecule has 12 heteroatoms. The molecular formula is C33H38F2N6O4. The van der Waals surface area contributed by atoms with Crippen molar-refractivity contribution >= 4 is 22.9 Å². The molecule has 0 atom stereocenters. The second-order valence-electron chi connectivity index (χ2n) is 11.4. The molecule has 0 spiro atoms. The van der Waals surface area contributed by atoms with Gasteiger partial charge in [0, 0.05) is 31.6 Å². The number of aromatic nitrogens is 4. The number of alkyl halides is 2. The Balaban J connectivity index is 1.10. The van der Waals surface area contributed by atoms with Crippen LogP contribution in [0.15, 0.2) is 54.6 Å². The molecule has 1 N–H and O–H groups in total. The fourth-order valence-electron chi connectivity index (χ4n) is 5.97. The van der Waals surface area contributed by atoms with Crippen LogP contribution in [0, 0.1) is 5.92 Å². The van der Waals surface area contributed by atoms with Gasteiger partial charge in [-0.2, -0.15) is 9.97 Å². The fourth-order valence-corrected chi connectivity index (χ4v) is 5.97. The molecule has 0 unspecified atom stereocenters. The van der Waals surface area contributed by atoms with Crippen molar-refractivity contribution < 1.29 is 27.8 Å². The van der Waals surface area contributed by atoms with Gasteiger partial charge in [0.1, 0.15) is 17.7 Å². The number of para-hydroxylation sites is 2. The SMILES string of the molecule is COc1ccc(CCCNC(=O)[C@H]2CC[C@H](Oc3cc(-n4c(C(F)F)nc5ccccc54)nc(N4CCOCC4)n3)CC2)cc1. The van der Waals surface area contributed by atoms with Gasteiger partial charge in [0.25, 0.3) is 6.43 Å². The number of anilines is 1. The van der Waals surface area contributed by atoms with E-state index in [2.05, 4.69) is 15.3 Å². The quantitative estimate of drug-likeness (QED) is 0.226. The molecule has 0 bridgehead atoms. The van der Waals surface area contributed by atoms with Crippen molar-refractivity contribution in [2.45, 2.75) is 51.1 Å². The van der Waals surface area contributed by atoms with E-state index in [1.165, 1.54) is 10.1 Å². The van der Waals surface area contributed by atoms with Gasteiger partial charge < -0.3 is 24.4 Å². The number of morpholine rings is 1. The normalized spacial score (nSPS) is 18.7. The molecule has 238 valence electrons. The molecule has 3 heterocycles. The summed E-state index contributed by atoms with van der Waals surface area (Å²) in [6, 6.07) is 16.6. The molecule has 2 aromatic heterocycles. The summed E-state index contributed by atoms with van der Waals surface area (Å²) in [5.41, 5.74) is 2.19. The van der Waals surface area contributed by atoms with E-state index in [0.29, 0.717) is 81.4 Å². The van der Waals surface area contributed by atoms with Crippen LogP contribution in [0.5, 0.6) is 11.6 Å². The van der Waals surface area contributed by atoms with Crippen molar-refractivity contribution in [1.82, 2.24) is 24.8 Å². The van der Waals surface area contributed by atoms with Crippen LogP contribution >= 0.6 is 0 Å². The van der Waals surface area contributed by atoms with Gasteiger partial charge in [-0.1, -0.05) is 24.3 Å². The standard InChI is InChI=1S/C33H38F2N6O4/c1-43-24-12-8-22(9-13-24)5-4-16-36-32(42)23-10-14-25(15-11-23)45-29-21-28(38-33(39-29)40-17-19-44-20-18-40)41-27-7-3-2-6-26(27)37-31(41)30(34)35/h2-3,6-9,12-13,21,23,25,30H,4-5,10-11,14-20H2,1H3,(H,36,42)/t23-,25-. The lowest BCUT2D eigenvalue weighted by Gasteiger charge is -2.29. The third-order valence-corrected chi connectivity index (χ3v) is 8.42. The van der Waals surface area contributed by atoms with Crippen LogP contribution < -0.4 is 19.7 Å². The topological polar surface area (TPSA) is 104 Å². The lowest BCUT2D eigenvalue weighted by Crippen LogP contribution is -2.38. The number of carbonyl (C=O) groups excluding carboxylic acids is 1. The van der Waals surface area contributed by atoms with Crippen molar-refractivity contribution in [2.75, 3.05) is 44.9 Å². The number of hydrogen-bond acceptors (Lipinski definition) is 8. The van der Waals surface area contributed by atoms with E-state index in [0.717, 1.165) is 18.6 Å². The molecule has 1 aliphatic carbocycles. The fraction of sp³-hybridized carbons (Fsp3) is 0.455. The van der Waals surface area contributed by atoms with E-state index in [1.807, 2.05) is 29.2 Å². The average Bonchev–Trinajstić information content (AvgIpc) is 3.48. The van der Waals surface area contributed by atoms with E-state index >= 15 is 0 Å². The van der Waals surface area contributed by atoms with Crippen molar-refractivity contribution in [1.29, 1.82) is 0 Å². The Morgan fingerprint density at radius 3 is 2.51 bits per heavy atom. The monoisotopic (exact) mass is 620 g/mol. The zero-order valence-corrected chi connectivity index (χ0v) is 25.3. The number of nitrogens with one attached hydrogen (secondary N) is 1. The minimum Gasteiger partial charge on any atom is -0.497 e. The minimum absolute atomic E-state index is 0.0679. The Kier molecular flexibility index (Phi) is 9.68. The first-order chi connectivity index (χ1) is 22.0. The molecule has 4 aromatic rings. The number of aryl methyl sites for hydroxylation is 1. The highest BCUT2D eigenvalue weighted by molar-refractivity contribution is 5.79. The predicted octanol–water partition coefficient (Wildman–Crippen LogP) is 5.28. The van der Waals surface area contributed by atoms with Crippen molar-refractivity contribution in [3.05, 3.63) is 66.0 Å². The number of nitrogens with zero attached hydrogens (tertiary/aromatic N) is 5. The van der Waals surface area contributed by atoms with Crippen molar-refractivity contribution in [3.8, 4) is 17.4 Å². The molecule has 2 aliphatic rings. The van der Waals surface area contributed by atoms with Crippen molar-refractivity contribution in [2.24, 2.45) is 5.92 Å². The average molecular weight is 621 g/mol. The van der Waals surface area contributed by atoms with Crippen molar-refractivity contribution in [3.63, 3.8) is 0 Å². The van der Waals surface area contributed by atoms with Gasteiger partial charge in [-0.05, 0) is 68.4 Å². The minimum atomic E-state index is -2.80. The van der Waals surface area contributed by atoms with E-state index in [-0.39, 0.29) is 29.6 Å². The van der Waals surface area contributed by atoms with Gasteiger partial charge in [-0.3, -0.25) is 9.36 Å². The number of benzene rings is 2. The van der Waals surface area contributed by atoms with E-state index in [9.17, 15) is 13.6 Å². The summed E-state index contributed by atoms with van der Waals surface area (Å²) < 4.78 is 46.8. The first-order valence-corrected chi connectivity index (χ1v) is 15.5. The summed E-state index contributed by atoms with van der Waals surface area (Å²) in [6.45, 7) is 2.82. The Morgan fingerprint density at radius 1 is 1.02 bits per heavy atom. The van der Waals surface area contributed by atoms with Crippen LogP contribution in [0.25, 0.3) is 16.9 Å². The highest BCUT2D eigenvalue weighted by atomic mass is 19.3. The summed E-state index contributed by atoms with van der Waals surface area (Å²) in [5, 5.41) is 3.09. The smallest absolute Gasteiger partial charge is 0.296 e. The number of carbonyl (C=O) groups is 1. The van der Waals surface area contributed by atoms with Crippen LogP contribution in [0.1, 0.15) is 49.9 Å². The number of imidazole rings is 1. The number of hydrogen-bond donors (Lipinski definition) is 1. The summed E-state index contributed by atoms with van der Waals surface area (Å²) >= 11 is 0. The van der Waals surface area contributed by atoms with Gasteiger partial charge >= 0.3 is 0 Å². The van der Waals surface area contributed by atoms with Gasteiger partial charge in [0.05, 0.1) is 31.4 Å². The molecule has 1 saturated carbocycles. The van der Waals surface area contributed by atoms with E-state index < -0.39 is 6.43 Å². The number of methoxy groups -OCH3 is 1. The van der Waals surface area contributed by atoms with Crippen LogP contribution in [-0.2, 0) is 16.0 Å². The van der Waals surface area contributed by atoms with Gasteiger partial charge in [0.15, 0.2) is 5.82 Å². The molecule has 2 aromatic carbocycles. The molecule has 1 aliphatic heterocycles. The maximum atomic E-state index is 14.2. The zero-order valence-electron chi connectivity index (χ0n) is 25.3. The first-order valence-electron chi connectivity index (χ1n) is 15.5. The van der Waals surface area contributed by atoms with Crippen LogP contribution in [0.3, 0.4) is 0 Å². The van der Waals surface area contributed by atoms with Crippen LogP contribution in [-0.4, -0.2) is 71.5 Å². The lowest BCUT2D eigenvalue weighted by atomic mass is 9.86. The Labute approximate surface area is 260 Å². The maximum absolute atomic E-state index is 14.2. The molecule has 45 heavy (non-hydrogen) atoms. The van der Waals surface area contributed by atoms with E-state index in [4.69, 9.17) is 19.2 Å². The number of amides is 1. The number of fused-ring (bicyclic) bond motifs is 1. The lowest BCUT2D eigenvalue weighted by molar-refractivity contribution is -0.126. The Morgan fingerprint density at radius 2 is 1.78 bits per heavy atom. The highest BCUT2D eigenvalue weighted by Gasteiger charge is 2.29. The molecule has 1 saturated heterocycles. The zero-order chi connectivity index (χ0) is 31.2. The predicted molar refractivity (Wildman–Crippen MR) is 165 cm³/mol. The van der Waals surface area contributed by atoms with Crippen LogP contribution in [0.2, 0.25) is 0 Å². The summed E-state index contributed by atoms with van der Waals surface area (Å²) in [7, 11) is 1.65. The Bertz CT molecular complexity index is 1580. The third kappa shape index (κ3) is 7.33. The third-order valence-electron chi connectivity index (χ3n) is 8.42. The Hall–Kier alpha value is -4.32.